The lowest BCUT2D eigenvalue weighted by molar-refractivity contribution is -0.133. The summed E-state index contributed by atoms with van der Waals surface area (Å²) in [5.41, 5.74) is 1.58. The number of methoxy groups -OCH3 is 1. The Bertz CT molecular complexity index is 1150. The van der Waals surface area contributed by atoms with Gasteiger partial charge in [-0.2, -0.15) is 0 Å². The van der Waals surface area contributed by atoms with Crippen molar-refractivity contribution in [1.82, 2.24) is 14.5 Å². The van der Waals surface area contributed by atoms with Crippen LogP contribution < -0.4 is 10.3 Å². The number of ether oxygens (including phenoxy) is 1. The SMILES string of the molecule is COc1ccc(-n2c(SCC(=O)O)nc3sc4c(c3c2=O)CCN(C(C)C)C4)cc1. The maximum atomic E-state index is 13.6. The predicted molar refractivity (Wildman–Crippen MR) is 119 cm³/mol. The van der Waals surface area contributed by atoms with E-state index in [1.54, 1.807) is 42.7 Å². The van der Waals surface area contributed by atoms with Gasteiger partial charge in [0.05, 0.1) is 23.9 Å². The smallest absolute Gasteiger partial charge is 0.313 e. The van der Waals surface area contributed by atoms with Crippen LogP contribution in [0.4, 0.5) is 0 Å². The molecule has 0 saturated carbocycles. The van der Waals surface area contributed by atoms with Crippen molar-refractivity contribution in [2.24, 2.45) is 0 Å². The summed E-state index contributed by atoms with van der Waals surface area (Å²) >= 11 is 2.60. The molecule has 1 aromatic carbocycles. The molecule has 9 heteroatoms. The number of fused-ring (bicyclic) bond motifs is 3. The minimum absolute atomic E-state index is 0.145. The fraction of sp³-hybridized carbons (Fsp3) is 0.381. The number of hydrogen-bond donors (Lipinski definition) is 1. The average molecular weight is 446 g/mol. The van der Waals surface area contributed by atoms with E-state index < -0.39 is 5.97 Å². The van der Waals surface area contributed by atoms with Gasteiger partial charge in [0.15, 0.2) is 5.16 Å². The van der Waals surface area contributed by atoms with Crippen LogP contribution in [0.3, 0.4) is 0 Å². The molecule has 3 aromatic rings. The van der Waals surface area contributed by atoms with Crippen LogP contribution in [0, 0.1) is 0 Å². The third kappa shape index (κ3) is 3.84. The molecule has 0 unspecified atom stereocenters. The molecule has 158 valence electrons. The van der Waals surface area contributed by atoms with E-state index in [0.717, 1.165) is 36.8 Å². The Hall–Kier alpha value is -2.36. The zero-order chi connectivity index (χ0) is 21.4. The molecule has 0 amide bonds. The molecule has 0 bridgehead atoms. The third-order valence-electron chi connectivity index (χ3n) is 5.26. The van der Waals surface area contributed by atoms with Crippen LogP contribution in [0.2, 0.25) is 0 Å². The highest BCUT2D eigenvalue weighted by Crippen LogP contribution is 2.34. The summed E-state index contributed by atoms with van der Waals surface area (Å²) in [6.45, 7) is 6.07. The number of aliphatic carboxylic acids is 1. The number of rotatable bonds is 6. The fourth-order valence-electron chi connectivity index (χ4n) is 3.67. The highest BCUT2D eigenvalue weighted by atomic mass is 32.2. The molecule has 1 N–H and O–H groups in total. The molecule has 3 heterocycles. The van der Waals surface area contributed by atoms with Gasteiger partial charge in [-0.3, -0.25) is 19.1 Å². The van der Waals surface area contributed by atoms with E-state index in [-0.39, 0.29) is 11.3 Å². The quantitative estimate of drug-likeness (QED) is 0.460. The van der Waals surface area contributed by atoms with Gasteiger partial charge in [0.25, 0.3) is 5.56 Å². The van der Waals surface area contributed by atoms with E-state index in [1.165, 1.54) is 9.44 Å². The van der Waals surface area contributed by atoms with Gasteiger partial charge in [-0.1, -0.05) is 11.8 Å². The Labute approximate surface area is 182 Å². The second kappa shape index (κ2) is 8.41. The van der Waals surface area contributed by atoms with E-state index in [9.17, 15) is 9.59 Å². The molecule has 0 saturated heterocycles. The van der Waals surface area contributed by atoms with Crippen LogP contribution >= 0.6 is 23.1 Å². The number of nitrogens with zero attached hydrogens (tertiary/aromatic N) is 3. The lowest BCUT2D eigenvalue weighted by Crippen LogP contribution is -2.35. The lowest BCUT2D eigenvalue weighted by atomic mass is 10.0. The molecule has 1 aliphatic heterocycles. The normalized spacial score (nSPS) is 14.3. The van der Waals surface area contributed by atoms with E-state index in [2.05, 4.69) is 18.7 Å². The van der Waals surface area contributed by atoms with Gasteiger partial charge in [0, 0.05) is 24.0 Å². The van der Waals surface area contributed by atoms with Gasteiger partial charge in [0.1, 0.15) is 10.6 Å². The molecule has 30 heavy (non-hydrogen) atoms. The maximum Gasteiger partial charge on any atom is 0.313 e. The van der Waals surface area contributed by atoms with Gasteiger partial charge >= 0.3 is 5.97 Å². The topological polar surface area (TPSA) is 84.7 Å². The predicted octanol–water partition coefficient (Wildman–Crippen LogP) is 3.40. The number of thiophene rings is 1. The van der Waals surface area contributed by atoms with Crippen molar-refractivity contribution in [2.45, 2.75) is 38.0 Å². The number of carbonyl (C=O) groups is 1. The summed E-state index contributed by atoms with van der Waals surface area (Å²) in [6.07, 6.45) is 0.814. The van der Waals surface area contributed by atoms with E-state index in [4.69, 9.17) is 14.8 Å². The maximum absolute atomic E-state index is 13.6. The first kappa shape index (κ1) is 20.9. The summed E-state index contributed by atoms with van der Waals surface area (Å²) in [7, 11) is 1.58. The summed E-state index contributed by atoms with van der Waals surface area (Å²) in [6, 6.07) is 7.58. The molecular weight excluding hydrogens is 422 g/mol. The van der Waals surface area contributed by atoms with Crippen LogP contribution in [0.1, 0.15) is 24.3 Å². The summed E-state index contributed by atoms with van der Waals surface area (Å²) in [5.74, 6) is -0.434. The zero-order valence-corrected chi connectivity index (χ0v) is 18.7. The van der Waals surface area contributed by atoms with Crippen molar-refractivity contribution in [3.63, 3.8) is 0 Å². The molecule has 0 atom stereocenters. The number of thioether (sulfide) groups is 1. The minimum atomic E-state index is -0.950. The van der Waals surface area contributed by atoms with Crippen molar-refractivity contribution >= 4 is 39.3 Å². The van der Waals surface area contributed by atoms with Crippen LogP contribution in [0.5, 0.6) is 5.75 Å². The van der Waals surface area contributed by atoms with Crippen molar-refractivity contribution < 1.29 is 14.6 Å². The van der Waals surface area contributed by atoms with Crippen LogP contribution in [0.15, 0.2) is 34.2 Å². The van der Waals surface area contributed by atoms with Gasteiger partial charge < -0.3 is 9.84 Å². The molecule has 1 aliphatic rings. The first-order valence-electron chi connectivity index (χ1n) is 9.69. The highest BCUT2D eigenvalue weighted by molar-refractivity contribution is 7.99. The van der Waals surface area contributed by atoms with E-state index in [1.807, 2.05) is 0 Å². The molecule has 2 aromatic heterocycles. The Kier molecular flexibility index (Phi) is 5.86. The average Bonchev–Trinajstić information content (AvgIpc) is 3.10. The van der Waals surface area contributed by atoms with Crippen molar-refractivity contribution in [2.75, 3.05) is 19.4 Å². The summed E-state index contributed by atoms with van der Waals surface area (Å²) in [4.78, 5) is 33.8. The molecule has 0 radical (unpaired) electrons. The monoisotopic (exact) mass is 445 g/mol. The number of carboxylic acid groups (broad SMARTS) is 1. The summed E-state index contributed by atoms with van der Waals surface area (Å²) in [5, 5.41) is 10.2. The van der Waals surface area contributed by atoms with Gasteiger partial charge in [-0.05, 0) is 50.1 Å². The third-order valence-corrected chi connectivity index (χ3v) is 7.29. The molecule has 0 aliphatic carbocycles. The Morgan fingerprint density at radius 2 is 2.07 bits per heavy atom. The first-order chi connectivity index (χ1) is 14.4. The zero-order valence-electron chi connectivity index (χ0n) is 17.0. The molecular formula is C21H23N3O4S2. The Morgan fingerprint density at radius 1 is 1.33 bits per heavy atom. The summed E-state index contributed by atoms with van der Waals surface area (Å²) < 4.78 is 6.74. The highest BCUT2D eigenvalue weighted by Gasteiger charge is 2.26. The number of aromatic nitrogens is 2. The van der Waals surface area contributed by atoms with Crippen molar-refractivity contribution in [3.8, 4) is 11.4 Å². The van der Waals surface area contributed by atoms with Gasteiger partial charge in [0.2, 0.25) is 0 Å². The van der Waals surface area contributed by atoms with Crippen LogP contribution in [0.25, 0.3) is 15.9 Å². The second-order valence-electron chi connectivity index (χ2n) is 7.41. The largest absolute Gasteiger partial charge is 0.497 e. The van der Waals surface area contributed by atoms with Crippen molar-refractivity contribution in [3.05, 3.63) is 45.1 Å². The van der Waals surface area contributed by atoms with Crippen LogP contribution in [-0.2, 0) is 17.8 Å². The first-order valence-corrected chi connectivity index (χ1v) is 11.5. The van der Waals surface area contributed by atoms with Gasteiger partial charge in [-0.25, -0.2) is 4.98 Å². The molecule has 4 rings (SSSR count). The van der Waals surface area contributed by atoms with Crippen molar-refractivity contribution in [1.29, 1.82) is 0 Å². The lowest BCUT2D eigenvalue weighted by Gasteiger charge is -2.30. The Balaban J connectivity index is 1.89. The number of carboxylic acids is 1. The van der Waals surface area contributed by atoms with E-state index >= 15 is 0 Å². The standard InChI is InChI=1S/C21H23N3O4S2/c1-12(2)23-9-8-15-16(10-23)30-19-18(15)20(27)24(21(22-19)29-11-17(25)26)13-4-6-14(28-3)7-5-13/h4-7,12H,8-11H2,1-3H3,(H,25,26). The molecule has 0 spiro atoms. The number of hydrogen-bond acceptors (Lipinski definition) is 7. The Morgan fingerprint density at radius 3 is 2.70 bits per heavy atom. The minimum Gasteiger partial charge on any atom is -0.497 e. The number of benzene rings is 1. The molecule has 7 nitrogen and oxygen atoms in total. The van der Waals surface area contributed by atoms with Crippen LogP contribution in [-0.4, -0.2) is 51.0 Å². The van der Waals surface area contributed by atoms with E-state index in [0.29, 0.717) is 32.9 Å². The second-order valence-corrected chi connectivity index (χ2v) is 9.44. The molecule has 0 fully saturated rings. The fourth-order valence-corrected chi connectivity index (χ4v) is 5.69. The van der Waals surface area contributed by atoms with Gasteiger partial charge in [-0.15, -0.1) is 11.3 Å².